The number of benzene rings is 5. The van der Waals surface area contributed by atoms with Crippen LogP contribution < -0.4 is 9.64 Å². The third kappa shape index (κ3) is 2.32. The fourth-order valence-electron chi connectivity index (χ4n) is 4.72. The zero-order valence-electron chi connectivity index (χ0n) is 16.6. The standard InChI is InChI=1S/C28H17NOS/c1-2-10-18(11-3-1)29-22-15-7-8-16-23(22)30-27-20-13-5-4-12-19(20)25-21-14-6-9-17-24(21)31-28(25)26(27)29/h1-17H. The van der Waals surface area contributed by atoms with Gasteiger partial charge in [0.15, 0.2) is 11.5 Å². The lowest BCUT2D eigenvalue weighted by Gasteiger charge is -2.34. The lowest BCUT2D eigenvalue weighted by atomic mass is 9.99. The topological polar surface area (TPSA) is 12.5 Å². The van der Waals surface area contributed by atoms with Gasteiger partial charge in [-0.2, -0.15) is 0 Å². The van der Waals surface area contributed by atoms with Crippen molar-refractivity contribution in [1.29, 1.82) is 0 Å². The predicted molar refractivity (Wildman–Crippen MR) is 132 cm³/mol. The van der Waals surface area contributed by atoms with Crippen LogP contribution in [0.1, 0.15) is 0 Å². The van der Waals surface area contributed by atoms with Crippen molar-refractivity contribution < 1.29 is 4.74 Å². The molecule has 0 aliphatic carbocycles. The fourth-order valence-corrected chi connectivity index (χ4v) is 5.97. The van der Waals surface area contributed by atoms with Crippen molar-refractivity contribution in [3.05, 3.63) is 103 Å². The molecule has 1 aliphatic rings. The number of hydrogen-bond donors (Lipinski definition) is 0. The summed E-state index contributed by atoms with van der Waals surface area (Å²) in [5.41, 5.74) is 3.32. The van der Waals surface area contributed by atoms with Gasteiger partial charge in [0.25, 0.3) is 0 Å². The fraction of sp³-hybridized carbons (Fsp3) is 0. The largest absolute Gasteiger partial charge is 0.452 e. The molecule has 0 amide bonds. The molecule has 3 heteroatoms. The molecule has 0 spiro atoms. The third-order valence-corrected chi connectivity index (χ3v) is 7.20. The van der Waals surface area contributed by atoms with Crippen molar-refractivity contribution in [3.8, 4) is 11.5 Å². The van der Waals surface area contributed by atoms with Gasteiger partial charge < -0.3 is 9.64 Å². The molecule has 7 rings (SSSR count). The second-order valence-corrected chi connectivity index (χ2v) is 8.82. The number of hydrogen-bond acceptors (Lipinski definition) is 3. The number of nitrogens with zero attached hydrogens (tertiary/aromatic N) is 1. The molecule has 6 aromatic rings. The molecule has 2 nitrogen and oxygen atoms in total. The maximum atomic E-state index is 6.61. The van der Waals surface area contributed by atoms with Crippen molar-refractivity contribution in [1.82, 2.24) is 0 Å². The van der Waals surface area contributed by atoms with Gasteiger partial charge in [-0.3, -0.25) is 0 Å². The van der Waals surface area contributed by atoms with Gasteiger partial charge in [-0.25, -0.2) is 0 Å². The Morgan fingerprint density at radius 3 is 2.16 bits per heavy atom. The zero-order chi connectivity index (χ0) is 20.4. The quantitative estimate of drug-likeness (QED) is 0.266. The van der Waals surface area contributed by atoms with E-state index in [-0.39, 0.29) is 0 Å². The van der Waals surface area contributed by atoms with Gasteiger partial charge in [-0.15, -0.1) is 11.3 Å². The Kier molecular flexibility index (Phi) is 3.46. The predicted octanol–water partition coefficient (Wildman–Crippen LogP) is 8.78. The average molecular weight is 416 g/mol. The Balaban J connectivity index is 1.72. The second-order valence-electron chi connectivity index (χ2n) is 7.77. The van der Waals surface area contributed by atoms with E-state index in [4.69, 9.17) is 4.74 Å². The molecule has 2 heterocycles. The smallest absolute Gasteiger partial charge is 0.160 e. The van der Waals surface area contributed by atoms with Crippen LogP contribution in [0.5, 0.6) is 11.5 Å². The number of rotatable bonds is 1. The minimum absolute atomic E-state index is 0.879. The summed E-state index contributed by atoms with van der Waals surface area (Å²) < 4.78 is 9.16. The molecule has 5 aromatic carbocycles. The molecule has 1 aliphatic heterocycles. The third-order valence-electron chi connectivity index (χ3n) is 6.02. The van der Waals surface area contributed by atoms with E-state index in [2.05, 4.69) is 102 Å². The summed E-state index contributed by atoms with van der Waals surface area (Å²) in [6.07, 6.45) is 0. The minimum Gasteiger partial charge on any atom is -0.452 e. The molecule has 31 heavy (non-hydrogen) atoms. The van der Waals surface area contributed by atoms with Crippen LogP contribution in [-0.2, 0) is 0 Å². The van der Waals surface area contributed by atoms with Crippen LogP contribution in [-0.4, -0.2) is 0 Å². The molecule has 0 unspecified atom stereocenters. The van der Waals surface area contributed by atoms with Crippen LogP contribution in [0.15, 0.2) is 103 Å². The summed E-state index contributed by atoms with van der Waals surface area (Å²) in [7, 11) is 0. The van der Waals surface area contributed by atoms with Crippen molar-refractivity contribution in [2.45, 2.75) is 0 Å². The van der Waals surface area contributed by atoms with E-state index in [1.54, 1.807) is 0 Å². The number of fused-ring (bicyclic) bond motifs is 9. The van der Waals surface area contributed by atoms with E-state index in [1.165, 1.54) is 25.6 Å². The lowest BCUT2D eigenvalue weighted by Crippen LogP contribution is -2.16. The monoisotopic (exact) mass is 415 g/mol. The normalized spacial score (nSPS) is 12.7. The van der Waals surface area contributed by atoms with Crippen LogP contribution in [0.3, 0.4) is 0 Å². The van der Waals surface area contributed by atoms with E-state index < -0.39 is 0 Å². The highest BCUT2D eigenvalue weighted by Crippen LogP contribution is 2.58. The van der Waals surface area contributed by atoms with Crippen LogP contribution in [0.4, 0.5) is 17.1 Å². The van der Waals surface area contributed by atoms with Crippen LogP contribution in [0.2, 0.25) is 0 Å². The average Bonchev–Trinajstić information content (AvgIpc) is 3.23. The highest BCUT2D eigenvalue weighted by molar-refractivity contribution is 7.26. The molecule has 0 saturated heterocycles. The Morgan fingerprint density at radius 1 is 0.613 bits per heavy atom. The number of para-hydroxylation sites is 3. The Bertz CT molecular complexity index is 1620. The summed E-state index contributed by atoms with van der Waals surface area (Å²) in [5, 5.41) is 4.98. The number of ether oxygens (including phenoxy) is 1. The summed E-state index contributed by atoms with van der Waals surface area (Å²) in [6.45, 7) is 0. The first-order valence-corrected chi connectivity index (χ1v) is 11.2. The molecule has 0 bridgehead atoms. The second kappa shape index (κ2) is 6.34. The first-order valence-electron chi connectivity index (χ1n) is 10.4. The highest BCUT2D eigenvalue weighted by atomic mass is 32.1. The Hall–Kier alpha value is -3.82. The van der Waals surface area contributed by atoms with Crippen LogP contribution in [0, 0.1) is 0 Å². The molecular formula is C28H17NOS. The van der Waals surface area contributed by atoms with Gasteiger partial charge in [0.05, 0.1) is 10.4 Å². The molecule has 0 N–H and O–H groups in total. The first-order chi connectivity index (χ1) is 15.4. The van der Waals surface area contributed by atoms with E-state index in [9.17, 15) is 0 Å². The van der Waals surface area contributed by atoms with Crippen molar-refractivity contribution in [2.75, 3.05) is 4.90 Å². The maximum Gasteiger partial charge on any atom is 0.160 e. The van der Waals surface area contributed by atoms with Crippen molar-refractivity contribution >= 4 is 59.3 Å². The van der Waals surface area contributed by atoms with Crippen LogP contribution in [0.25, 0.3) is 30.9 Å². The number of thiophene rings is 1. The van der Waals surface area contributed by atoms with Gasteiger partial charge in [0, 0.05) is 26.5 Å². The summed E-state index contributed by atoms with van der Waals surface area (Å²) in [4.78, 5) is 2.36. The maximum absolute atomic E-state index is 6.61. The summed E-state index contributed by atoms with van der Waals surface area (Å²) in [5.74, 6) is 1.81. The zero-order valence-corrected chi connectivity index (χ0v) is 17.4. The van der Waals surface area contributed by atoms with Gasteiger partial charge in [0.1, 0.15) is 5.69 Å². The molecule has 0 saturated carbocycles. The first kappa shape index (κ1) is 16.9. The van der Waals surface area contributed by atoms with Crippen molar-refractivity contribution in [2.24, 2.45) is 0 Å². The van der Waals surface area contributed by atoms with E-state index in [0.717, 1.165) is 33.9 Å². The van der Waals surface area contributed by atoms with Gasteiger partial charge >= 0.3 is 0 Å². The number of anilines is 3. The summed E-state index contributed by atoms with van der Waals surface area (Å²) >= 11 is 1.84. The van der Waals surface area contributed by atoms with Gasteiger partial charge in [0.2, 0.25) is 0 Å². The Labute approximate surface area is 183 Å². The molecule has 0 atom stereocenters. The van der Waals surface area contributed by atoms with E-state index >= 15 is 0 Å². The van der Waals surface area contributed by atoms with Gasteiger partial charge in [-0.1, -0.05) is 72.8 Å². The molecule has 0 radical (unpaired) electrons. The lowest BCUT2D eigenvalue weighted by molar-refractivity contribution is 0.483. The minimum atomic E-state index is 0.879. The molecule has 0 fully saturated rings. The van der Waals surface area contributed by atoms with Gasteiger partial charge in [-0.05, 0) is 35.7 Å². The summed E-state index contributed by atoms with van der Waals surface area (Å²) in [6, 6.07) is 36.2. The van der Waals surface area contributed by atoms with E-state index in [0.29, 0.717) is 0 Å². The Morgan fingerprint density at radius 2 is 1.29 bits per heavy atom. The SMILES string of the molecule is c1ccc(N2c3ccccc3Oc3c2c2sc4ccccc4c2c2ccccc32)cc1. The molecule has 1 aromatic heterocycles. The highest BCUT2D eigenvalue weighted by Gasteiger charge is 2.31. The van der Waals surface area contributed by atoms with Crippen LogP contribution >= 0.6 is 11.3 Å². The molecular weight excluding hydrogens is 398 g/mol. The molecule has 146 valence electrons. The van der Waals surface area contributed by atoms with Crippen molar-refractivity contribution in [3.63, 3.8) is 0 Å². The van der Waals surface area contributed by atoms with E-state index in [1.807, 2.05) is 17.4 Å².